The number of carbonyl (C=O) groups is 2. The normalized spacial score (nSPS) is 10.4. The first-order valence-electron chi connectivity index (χ1n) is 8.52. The van der Waals surface area contributed by atoms with Crippen LogP contribution in [-0.2, 0) is 0 Å². The highest BCUT2D eigenvalue weighted by molar-refractivity contribution is 7.99. The Morgan fingerprint density at radius 3 is 2.37 bits per heavy atom. The molecule has 0 aromatic heterocycles. The molecular formula is C22H18ClNO2S. The predicted molar refractivity (Wildman–Crippen MR) is 112 cm³/mol. The van der Waals surface area contributed by atoms with Crippen LogP contribution >= 0.6 is 23.4 Å². The number of thioether (sulfide) groups is 1. The Labute approximate surface area is 167 Å². The van der Waals surface area contributed by atoms with Gasteiger partial charge in [0.15, 0.2) is 5.78 Å². The Morgan fingerprint density at radius 2 is 1.63 bits per heavy atom. The number of amides is 1. The zero-order valence-electron chi connectivity index (χ0n) is 14.7. The summed E-state index contributed by atoms with van der Waals surface area (Å²) in [6.45, 7) is 2.04. The van der Waals surface area contributed by atoms with Crippen molar-refractivity contribution < 1.29 is 9.59 Å². The summed E-state index contributed by atoms with van der Waals surface area (Å²) in [7, 11) is 0. The van der Waals surface area contributed by atoms with Crippen molar-refractivity contribution in [2.24, 2.45) is 0 Å². The number of ketones is 1. The van der Waals surface area contributed by atoms with Crippen LogP contribution in [0.15, 0.2) is 77.7 Å². The number of hydrogen-bond donors (Lipinski definition) is 1. The number of benzene rings is 3. The van der Waals surface area contributed by atoms with Crippen LogP contribution in [0.25, 0.3) is 0 Å². The summed E-state index contributed by atoms with van der Waals surface area (Å²) in [6, 6.07) is 21.3. The van der Waals surface area contributed by atoms with Gasteiger partial charge in [-0.1, -0.05) is 61.0 Å². The molecule has 27 heavy (non-hydrogen) atoms. The number of nitrogens with one attached hydrogen (secondary N) is 1. The molecule has 0 aliphatic carbocycles. The van der Waals surface area contributed by atoms with Crippen LogP contribution in [0.4, 0.5) is 5.69 Å². The highest BCUT2D eigenvalue weighted by atomic mass is 35.5. The maximum atomic E-state index is 12.9. The van der Waals surface area contributed by atoms with Crippen molar-refractivity contribution in [1.82, 2.24) is 0 Å². The van der Waals surface area contributed by atoms with E-state index in [4.69, 9.17) is 11.6 Å². The third-order valence-electron chi connectivity index (χ3n) is 3.94. The van der Waals surface area contributed by atoms with E-state index in [1.807, 2.05) is 31.2 Å². The van der Waals surface area contributed by atoms with Gasteiger partial charge in [0.25, 0.3) is 5.91 Å². The SMILES string of the molecule is CCSc1ccccc1C(=O)Nc1ccc(Cl)cc1C(=O)c1ccccc1. The average molecular weight is 396 g/mol. The lowest BCUT2D eigenvalue weighted by molar-refractivity contribution is 0.102. The second kappa shape index (κ2) is 8.89. The smallest absolute Gasteiger partial charge is 0.256 e. The highest BCUT2D eigenvalue weighted by Gasteiger charge is 2.18. The molecule has 0 bridgehead atoms. The Morgan fingerprint density at radius 1 is 0.926 bits per heavy atom. The standard InChI is InChI=1S/C22H18ClNO2S/c1-2-27-20-11-7-6-10-17(20)22(26)24-19-13-12-16(23)14-18(19)21(25)15-8-4-3-5-9-15/h3-14H,2H2,1H3,(H,24,26). The van der Waals surface area contributed by atoms with E-state index in [2.05, 4.69) is 5.32 Å². The molecule has 0 fully saturated rings. The van der Waals surface area contributed by atoms with E-state index in [0.717, 1.165) is 10.6 Å². The predicted octanol–water partition coefficient (Wildman–Crippen LogP) is 5.94. The summed E-state index contributed by atoms with van der Waals surface area (Å²) >= 11 is 7.70. The second-order valence-corrected chi connectivity index (χ2v) is 7.51. The van der Waals surface area contributed by atoms with Crippen molar-refractivity contribution >= 4 is 40.7 Å². The first-order valence-corrected chi connectivity index (χ1v) is 9.89. The third-order valence-corrected chi connectivity index (χ3v) is 5.13. The summed E-state index contributed by atoms with van der Waals surface area (Å²) in [4.78, 5) is 26.6. The zero-order chi connectivity index (χ0) is 19.2. The average Bonchev–Trinajstić information content (AvgIpc) is 2.70. The van der Waals surface area contributed by atoms with Crippen LogP contribution in [-0.4, -0.2) is 17.4 Å². The summed E-state index contributed by atoms with van der Waals surface area (Å²) in [5.74, 6) is 0.420. The summed E-state index contributed by atoms with van der Waals surface area (Å²) in [6.07, 6.45) is 0. The lowest BCUT2D eigenvalue weighted by Crippen LogP contribution is -2.16. The Bertz CT molecular complexity index is 973. The molecule has 3 nitrogen and oxygen atoms in total. The zero-order valence-corrected chi connectivity index (χ0v) is 16.3. The summed E-state index contributed by atoms with van der Waals surface area (Å²) in [5, 5.41) is 3.31. The molecule has 0 radical (unpaired) electrons. The fourth-order valence-corrected chi connectivity index (χ4v) is 3.66. The van der Waals surface area contributed by atoms with Crippen molar-refractivity contribution in [1.29, 1.82) is 0 Å². The molecule has 0 saturated heterocycles. The van der Waals surface area contributed by atoms with Gasteiger partial charge in [0.1, 0.15) is 0 Å². The lowest BCUT2D eigenvalue weighted by atomic mass is 10.0. The fraction of sp³-hybridized carbons (Fsp3) is 0.0909. The first kappa shape index (κ1) is 19.2. The molecule has 1 N–H and O–H groups in total. The van der Waals surface area contributed by atoms with Crippen LogP contribution in [0.5, 0.6) is 0 Å². The van der Waals surface area contributed by atoms with Crippen LogP contribution < -0.4 is 5.32 Å². The third kappa shape index (κ3) is 4.59. The van der Waals surface area contributed by atoms with Crippen molar-refractivity contribution in [3.8, 4) is 0 Å². The Balaban J connectivity index is 1.94. The van der Waals surface area contributed by atoms with Gasteiger partial charge < -0.3 is 5.32 Å². The van der Waals surface area contributed by atoms with Crippen LogP contribution in [0.3, 0.4) is 0 Å². The maximum Gasteiger partial charge on any atom is 0.256 e. The molecule has 0 heterocycles. The van der Waals surface area contributed by atoms with E-state index in [1.54, 1.807) is 60.3 Å². The molecular weight excluding hydrogens is 378 g/mol. The molecule has 0 saturated carbocycles. The lowest BCUT2D eigenvalue weighted by Gasteiger charge is -2.13. The maximum absolute atomic E-state index is 12.9. The minimum Gasteiger partial charge on any atom is -0.321 e. The summed E-state index contributed by atoms with van der Waals surface area (Å²) < 4.78 is 0. The largest absolute Gasteiger partial charge is 0.321 e. The van der Waals surface area contributed by atoms with Gasteiger partial charge in [-0.25, -0.2) is 0 Å². The van der Waals surface area contributed by atoms with Crippen molar-refractivity contribution in [2.45, 2.75) is 11.8 Å². The van der Waals surface area contributed by atoms with Gasteiger partial charge in [0.2, 0.25) is 0 Å². The molecule has 136 valence electrons. The van der Waals surface area contributed by atoms with Crippen molar-refractivity contribution in [2.75, 3.05) is 11.1 Å². The molecule has 0 atom stereocenters. The van der Waals surface area contributed by atoms with Gasteiger partial charge in [-0.05, 0) is 36.1 Å². The summed E-state index contributed by atoms with van der Waals surface area (Å²) in [5.41, 5.74) is 1.92. The van der Waals surface area contributed by atoms with E-state index in [0.29, 0.717) is 27.4 Å². The van der Waals surface area contributed by atoms with E-state index >= 15 is 0 Å². The molecule has 3 aromatic carbocycles. The Hall–Kier alpha value is -2.56. The number of hydrogen-bond acceptors (Lipinski definition) is 3. The topological polar surface area (TPSA) is 46.2 Å². The van der Waals surface area contributed by atoms with Gasteiger partial charge in [-0.15, -0.1) is 11.8 Å². The van der Waals surface area contributed by atoms with Gasteiger partial charge in [-0.3, -0.25) is 9.59 Å². The van der Waals surface area contributed by atoms with E-state index in [9.17, 15) is 9.59 Å². The van der Waals surface area contributed by atoms with E-state index in [-0.39, 0.29) is 11.7 Å². The monoisotopic (exact) mass is 395 g/mol. The number of carbonyl (C=O) groups excluding carboxylic acids is 2. The van der Waals surface area contributed by atoms with Gasteiger partial charge in [0.05, 0.1) is 11.3 Å². The first-order chi connectivity index (χ1) is 13.1. The molecule has 0 unspecified atom stereocenters. The van der Waals surface area contributed by atoms with Crippen molar-refractivity contribution in [3.63, 3.8) is 0 Å². The van der Waals surface area contributed by atoms with Gasteiger partial charge >= 0.3 is 0 Å². The van der Waals surface area contributed by atoms with E-state index in [1.165, 1.54) is 0 Å². The fourth-order valence-electron chi connectivity index (χ4n) is 2.68. The quantitative estimate of drug-likeness (QED) is 0.415. The molecule has 1 amide bonds. The molecule has 3 aromatic rings. The minimum atomic E-state index is -0.254. The van der Waals surface area contributed by atoms with Crippen molar-refractivity contribution in [3.05, 3.63) is 94.5 Å². The van der Waals surface area contributed by atoms with Crippen LogP contribution in [0.2, 0.25) is 5.02 Å². The number of anilines is 1. The Kier molecular flexibility index (Phi) is 6.32. The van der Waals surface area contributed by atoms with Gasteiger partial charge in [0, 0.05) is 21.0 Å². The van der Waals surface area contributed by atoms with Crippen LogP contribution in [0.1, 0.15) is 33.2 Å². The second-order valence-electron chi connectivity index (χ2n) is 5.77. The molecule has 0 aliphatic rings. The number of halogens is 1. The van der Waals surface area contributed by atoms with E-state index < -0.39 is 0 Å². The number of rotatable bonds is 6. The minimum absolute atomic E-state index is 0.190. The molecule has 0 aliphatic heterocycles. The molecule has 5 heteroatoms. The highest BCUT2D eigenvalue weighted by Crippen LogP contribution is 2.27. The molecule has 0 spiro atoms. The van der Waals surface area contributed by atoms with Gasteiger partial charge in [-0.2, -0.15) is 0 Å². The molecule has 3 rings (SSSR count). The van der Waals surface area contributed by atoms with Crippen LogP contribution in [0, 0.1) is 0 Å².